The van der Waals surface area contributed by atoms with Gasteiger partial charge in [-0.3, -0.25) is 0 Å². The van der Waals surface area contributed by atoms with Crippen LogP contribution in [-0.2, 0) is 19.4 Å². The third-order valence-electron chi connectivity index (χ3n) is 6.74. The molecule has 4 aromatic carbocycles. The summed E-state index contributed by atoms with van der Waals surface area (Å²) >= 11 is 0. The highest BCUT2D eigenvalue weighted by Gasteiger charge is 2.17. The van der Waals surface area contributed by atoms with Gasteiger partial charge in [-0.15, -0.1) is 0 Å². The molecule has 0 fully saturated rings. The molecule has 0 bridgehead atoms. The van der Waals surface area contributed by atoms with Crippen LogP contribution in [0.15, 0.2) is 72.8 Å². The lowest BCUT2D eigenvalue weighted by molar-refractivity contribution is 0.297. The minimum absolute atomic E-state index is 0.0877. The fourth-order valence-electron chi connectivity index (χ4n) is 4.53. The van der Waals surface area contributed by atoms with E-state index in [1.54, 1.807) is 54.6 Å². The van der Waals surface area contributed by atoms with Gasteiger partial charge in [0, 0.05) is 16.7 Å². The molecular formula is C33H32F4O. The summed E-state index contributed by atoms with van der Waals surface area (Å²) in [6, 6.07) is 20.2. The average Bonchev–Trinajstić information content (AvgIpc) is 2.93. The first kappa shape index (κ1) is 27.4. The average molecular weight is 521 g/mol. The minimum atomic E-state index is -0.951. The Labute approximate surface area is 222 Å². The summed E-state index contributed by atoms with van der Waals surface area (Å²) in [5.41, 5.74) is 3.10. The van der Waals surface area contributed by atoms with Crippen molar-refractivity contribution < 1.29 is 22.3 Å². The Hall–Kier alpha value is -3.60. The number of hydrogen-bond acceptors (Lipinski definition) is 1. The second kappa shape index (κ2) is 12.8. The van der Waals surface area contributed by atoms with Crippen molar-refractivity contribution in [2.45, 2.75) is 59.0 Å². The van der Waals surface area contributed by atoms with Crippen LogP contribution in [-0.4, -0.2) is 0 Å². The molecule has 198 valence electrons. The van der Waals surface area contributed by atoms with Crippen molar-refractivity contribution in [3.05, 3.63) is 113 Å². The van der Waals surface area contributed by atoms with Crippen molar-refractivity contribution in [1.82, 2.24) is 0 Å². The monoisotopic (exact) mass is 520 g/mol. The fraction of sp³-hybridized carbons (Fsp3) is 0.273. The van der Waals surface area contributed by atoms with Gasteiger partial charge in [0.2, 0.25) is 0 Å². The first-order valence-electron chi connectivity index (χ1n) is 13.2. The van der Waals surface area contributed by atoms with E-state index in [4.69, 9.17) is 4.74 Å². The summed E-state index contributed by atoms with van der Waals surface area (Å²) in [6.07, 6.45) is 5.26. The lowest BCUT2D eigenvalue weighted by atomic mass is 9.99. The highest BCUT2D eigenvalue weighted by molar-refractivity contribution is 5.66. The molecule has 4 rings (SSSR count). The van der Waals surface area contributed by atoms with E-state index in [2.05, 4.69) is 13.8 Å². The lowest BCUT2D eigenvalue weighted by Gasteiger charge is -2.12. The van der Waals surface area contributed by atoms with Crippen LogP contribution in [0, 0.1) is 23.3 Å². The van der Waals surface area contributed by atoms with Crippen LogP contribution in [0.25, 0.3) is 22.3 Å². The summed E-state index contributed by atoms with van der Waals surface area (Å²) in [5.74, 6) is -3.14. The number of halogens is 4. The van der Waals surface area contributed by atoms with Crippen LogP contribution in [0.5, 0.6) is 5.75 Å². The summed E-state index contributed by atoms with van der Waals surface area (Å²) in [5, 5.41) is 0. The molecule has 0 amide bonds. The Morgan fingerprint density at radius 1 is 0.526 bits per heavy atom. The first-order valence-corrected chi connectivity index (χ1v) is 13.2. The van der Waals surface area contributed by atoms with Crippen molar-refractivity contribution in [2.75, 3.05) is 0 Å². The topological polar surface area (TPSA) is 9.23 Å². The van der Waals surface area contributed by atoms with Gasteiger partial charge < -0.3 is 4.74 Å². The van der Waals surface area contributed by atoms with E-state index >= 15 is 0 Å². The molecule has 0 atom stereocenters. The number of hydrogen-bond donors (Lipinski definition) is 0. The van der Waals surface area contributed by atoms with Crippen LogP contribution in [0.2, 0.25) is 0 Å². The van der Waals surface area contributed by atoms with Gasteiger partial charge in [0.25, 0.3) is 0 Å². The molecule has 0 radical (unpaired) electrons. The van der Waals surface area contributed by atoms with Crippen molar-refractivity contribution in [1.29, 1.82) is 0 Å². The number of aryl methyl sites for hydroxylation is 2. The molecule has 0 aromatic heterocycles. The maximum atomic E-state index is 14.9. The zero-order valence-electron chi connectivity index (χ0n) is 21.8. The minimum Gasteiger partial charge on any atom is -0.489 e. The van der Waals surface area contributed by atoms with Gasteiger partial charge in [-0.1, -0.05) is 93.8 Å². The van der Waals surface area contributed by atoms with Gasteiger partial charge in [-0.05, 0) is 53.6 Å². The predicted molar refractivity (Wildman–Crippen MR) is 145 cm³/mol. The van der Waals surface area contributed by atoms with Gasteiger partial charge in [0.05, 0.1) is 0 Å². The van der Waals surface area contributed by atoms with E-state index in [-0.39, 0.29) is 23.3 Å². The summed E-state index contributed by atoms with van der Waals surface area (Å²) in [6.45, 7) is 3.98. The molecule has 0 aliphatic carbocycles. The largest absolute Gasteiger partial charge is 0.489 e. The normalized spacial score (nSPS) is 11.1. The van der Waals surface area contributed by atoms with E-state index in [1.807, 2.05) is 12.1 Å². The Morgan fingerprint density at radius 2 is 1.08 bits per heavy atom. The van der Waals surface area contributed by atoms with E-state index in [0.717, 1.165) is 37.7 Å². The van der Waals surface area contributed by atoms with Crippen molar-refractivity contribution in [3.63, 3.8) is 0 Å². The summed E-state index contributed by atoms with van der Waals surface area (Å²) in [4.78, 5) is 0. The zero-order valence-corrected chi connectivity index (χ0v) is 21.8. The maximum absolute atomic E-state index is 14.9. The predicted octanol–water partition coefficient (Wildman–Crippen LogP) is 9.84. The van der Waals surface area contributed by atoms with Gasteiger partial charge in [-0.2, -0.15) is 0 Å². The van der Waals surface area contributed by atoms with Crippen LogP contribution in [0.3, 0.4) is 0 Å². The fourth-order valence-corrected chi connectivity index (χ4v) is 4.53. The van der Waals surface area contributed by atoms with E-state index in [9.17, 15) is 17.6 Å². The van der Waals surface area contributed by atoms with E-state index in [0.29, 0.717) is 28.9 Å². The summed E-state index contributed by atoms with van der Waals surface area (Å²) in [7, 11) is 0. The van der Waals surface area contributed by atoms with E-state index < -0.39 is 23.3 Å². The lowest BCUT2D eigenvalue weighted by Crippen LogP contribution is -2.02. The molecule has 0 heterocycles. The first-order chi connectivity index (χ1) is 18.4. The van der Waals surface area contributed by atoms with E-state index in [1.165, 1.54) is 6.07 Å². The quantitative estimate of drug-likeness (QED) is 0.141. The smallest absolute Gasteiger partial charge is 0.167 e. The second-order valence-corrected chi connectivity index (χ2v) is 9.52. The third kappa shape index (κ3) is 6.27. The summed E-state index contributed by atoms with van der Waals surface area (Å²) < 4.78 is 64.6. The Morgan fingerprint density at radius 3 is 1.66 bits per heavy atom. The van der Waals surface area contributed by atoms with Gasteiger partial charge in [0.1, 0.15) is 12.4 Å². The number of benzene rings is 4. The molecule has 4 aromatic rings. The molecule has 0 N–H and O–H groups in total. The Bertz CT molecular complexity index is 1360. The van der Waals surface area contributed by atoms with Crippen molar-refractivity contribution in [3.8, 4) is 28.0 Å². The molecular weight excluding hydrogens is 488 g/mol. The standard InChI is InChI=1S/C33H32F4O/c1-3-5-6-8-25-15-19-28(32(36)30(25)34)24-13-17-27(18-14-24)38-21-26-16-20-29(33(37)31(26)35)23-11-9-22(7-4-2)10-12-23/h9-20H,3-8,21H2,1-2H3. The number of rotatable bonds is 11. The van der Waals surface area contributed by atoms with Crippen LogP contribution in [0.1, 0.15) is 56.2 Å². The molecule has 0 aliphatic heterocycles. The van der Waals surface area contributed by atoms with Gasteiger partial charge >= 0.3 is 0 Å². The second-order valence-electron chi connectivity index (χ2n) is 9.52. The molecule has 0 saturated carbocycles. The highest BCUT2D eigenvalue weighted by Crippen LogP contribution is 2.30. The number of unbranched alkanes of at least 4 members (excludes halogenated alkanes) is 2. The SMILES string of the molecule is CCCCCc1ccc(-c2ccc(OCc3ccc(-c4ccc(CCC)cc4)c(F)c3F)cc2)c(F)c1F. The number of ether oxygens (including phenoxy) is 1. The van der Waals surface area contributed by atoms with Crippen LogP contribution >= 0.6 is 0 Å². The molecule has 1 nitrogen and oxygen atoms in total. The Balaban J connectivity index is 1.43. The van der Waals surface area contributed by atoms with Gasteiger partial charge in [0.15, 0.2) is 23.3 Å². The molecule has 0 spiro atoms. The van der Waals surface area contributed by atoms with Crippen LogP contribution < -0.4 is 4.74 Å². The van der Waals surface area contributed by atoms with Crippen molar-refractivity contribution >= 4 is 0 Å². The van der Waals surface area contributed by atoms with Crippen LogP contribution in [0.4, 0.5) is 17.6 Å². The van der Waals surface area contributed by atoms with Gasteiger partial charge in [-0.25, -0.2) is 17.6 Å². The molecule has 38 heavy (non-hydrogen) atoms. The molecule has 0 saturated heterocycles. The molecule has 0 aliphatic rings. The Kier molecular flexibility index (Phi) is 9.22. The maximum Gasteiger partial charge on any atom is 0.167 e. The zero-order chi connectivity index (χ0) is 27.1. The molecule has 5 heteroatoms. The molecule has 0 unspecified atom stereocenters. The highest BCUT2D eigenvalue weighted by atomic mass is 19.2. The van der Waals surface area contributed by atoms with Crippen molar-refractivity contribution in [2.24, 2.45) is 0 Å². The third-order valence-corrected chi connectivity index (χ3v) is 6.74.